The maximum Gasteiger partial charge on any atom is 0.315 e. The van der Waals surface area contributed by atoms with Crippen LogP contribution in [-0.4, -0.2) is 86.0 Å². The Hall–Kier alpha value is -1.56. The Kier molecular flexibility index (Phi) is 8.18. The lowest BCUT2D eigenvalue weighted by atomic mass is 9.33. The average molecular weight is 649 g/mol. The Morgan fingerprint density at radius 2 is 1.54 bits per heavy atom. The number of fused-ring (bicyclic) bond motifs is 7. The lowest BCUT2D eigenvalue weighted by molar-refractivity contribution is -0.297. The van der Waals surface area contributed by atoms with Gasteiger partial charge in [-0.3, -0.25) is 9.59 Å². The van der Waals surface area contributed by atoms with Gasteiger partial charge in [-0.05, 0) is 111 Å². The molecule has 1 aliphatic heterocycles. The number of esters is 1. The molecule has 14 atom stereocenters. The van der Waals surface area contributed by atoms with Crippen LogP contribution in [0.15, 0.2) is 11.6 Å². The summed E-state index contributed by atoms with van der Waals surface area (Å²) in [5.74, 6) is -1.40. The number of hydrogen-bond donors (Lipinski definition) is 6. The number of aliphatic hydroxyl groups is 5. The first-order valence-corrected chi connectivity index (χ1v) is 17.5. The van der Waals surface area contributed by atoms with E-state index in [-0.39, 0.29) is 39.4 Å². The van der Waals surface area contributed by atoms with Crippen LogP contribution in [0.2, 0.25) is 0 Å². The Bertz CT molecular complexity index is 1280. The van der Waals surface area contributed by atoms with Crippen LogP contribution in [0.1, 0.15) is 106 Å². The van der Waals surface area contributed by atoms with E-state index in [0.29, 0.717) is 19.3 Å². The fourth-order valence-electron chi connectivity index (χ4n) is 12.0. The highest BCUT2D eigenvalue weighted by molar-refractivity contribution is 5.79. The van der Waals surface area contributed by atoms with Crippen LogP contribution in [0.3, 0.4) is 0 Å². The van der Waals surface area contributed by atoms with Gasteiger partial charge in [0.15, 0.2) is 0 Å². The van der Waals surface area contributed by atoms with Gasteiger partial charge in [0.2, 0.25) is 6.29 Å². The van der Waals surface area contributed by atoms with Crippen molar-refractivity contribution in [1.82, 2.24) is 0 Å². The molecule has 6 aliphatic rings. The van der Waals surface area contributed by atoms with Crippen LogP contribution in [0.4, 0.5) is 0 Å². The first-order chi connectivity index (χ1) is 21.3. The summed E-state index contributed by atoms with van der Waals surface area (Å²) < 4.78 is 11.5. The van der Waals surface area contributed by atoms with Gasteiger partial charge in [-0.25, -0.2) is 0 Å². The summed E-state index contributed by atoms with van der Waals surface area (Å²) >= 11 is 0. The summed E-state index contributed by atoms with van der Waals surface area (Å²) in [6.45, 7) is 12.6. The molecule has 0 aromatic rings. The molecule has 0 amide bonds. The van der Waals surface area contributed by atoms with Crippen molar-refractivity contribution in [3.8, 4) is 0 Å². The Morgan fingerprint density at radius 1 is 0.870 bits per heavy atom. The normalized spacial score (nSPS) is 53.0. The second-order valence-corrected chi connectivity index (χ2v) is 17.6. The van der Waals surface area contributed by atoms with E-state index in [4.69, 9.17) is 9.47 Å². The Labute approximate surface area is 272 Å². The van der Waals surface area contributed by atoms with E-state index in [9.17, 15) is 40.2 Å². The Balaban J connectivity index is 1.36. The molecule has 260 valence electrons. The van der Waals surface area contributed by atoms with Gasteiger partial charge in [0.1, 0.15) is 24.4 Å². The summed E-state index contributed by atoms with van der Waals surface area (Å²) in [7, 11) is 0. The van der Waals surface area contributed by atoms with E-state index >= 15 is 0 Å². The summed E-state index contributed by atoms with van der Waals surface area (Å²) in [4.78, 5) is 27.1. The SMILES string of the molecule is CC1(C)CC[C@]2(C(=O)O[C@H]3O[C@@H](CO)[C@H](O)[C@@H](O)[C@@H]3O)CC[C@]3(C)C(=CC[C@@H]4[C@@]5(C)CC[C@H](O)[C@](C)(C(=O)O)[C@@H]5CC[C@]43C)[C@@H]2C1. The molecular weight excluding hydrogens is 592 g/mol. The molecule has 5 aliphatic carbocycles. The zero-order chi connectivity index (χ0) is 33.8. The minimum absolute atomic E-state index is 0.0130. The van der Waals surface area contributed by atoms with E-state index in [0.717, 1.165) is 44.9 Å². The van der Waals surface area contributed by atoms with Crippen molar-refractivity contribution in [2.45, 2.75) is 143 Å². The topological polar surface area (TPSA) is 174 Å². The molecule has 10 heteroatoms. The third kappa shape index (κ3) is 4.49. The molecule has 0 radical (unpaired) electrons. The molecule has 6 N–H and O–H groups in total. The van der Waals surface area contributed by atoms with Crippen molar-refractivity contribution in [3.63, 3.8) is 0 Å². The van der Waals surface area contributed by atoms with Crippen molar-refractivity contribution in [3.05, 3.63) is 11.6 Å². The minimum Gasteiger partial charge on any atom is -0.481 e. The summed E-state index contributed by atoms with van der Waals surface area (Å²) in [5, 5.41) is 62.4. The second-order valence-electron chi connectivity index (χ2n) is 17.6. The highest BCUT2D eigenvalue weighted by atomic mass is 16.7. The number of aliphatic carboxylic acids is 1. The van der Waals surface area contributed by atoms with Gasteiger partial charge in [0, 0.05) is 0 Å². The molecule has 5 fully saturated rings. The predicted molar refractivity (Wildman–Crippen MR) is 167 cm³/mol. The number of rotatable bonds is 4. The third-order valence-electron chi connectivity index (χ3n) is 15.2. The van der Waals surface area contributed by atoms with Gasteiger partial charge in [-0.15, -0.1) is 0 Å². The molecular formula is C36H56O10. The van der Waals surface area contributed by atoms with Gasteiger partial charge >= 0.3 is 11.9 Å². The quantitative estimate of drug-likeness (QED) is 0.195. The first-order valence-electron chi connectivity index (χ1n) is 17.5. The molecule has 46 heavy (non-hydrogen) atoms. The highest BCUT2D eigenvalue weighted by Crippen LogP contribution is 2.76. The van der Waals surface area contributed by atoms with Crippen molar-refractivity contribution in [1.29, 1.82) is 0 Å². The number of carbonyl (C=O) groups is 2. The highest BCUT2D eigenvalue weighted by Gasteiger charge is 2.71. The van der Waals surface area contributed by atoms with E-state index in [1.165, 1.54) is 5.57 Å². The zero-order valence-electron chi connectivity index (χ0n) is 28.4. The molecule has 0 spiro atoms. The van der Waals surface area contributed by atoms with Crippen LogP contribution in [0.5, 0.6) is 0 Å². The smallest absolute Gasteiger partial charge is 0.315 e. The van der Waals surface area contributed by atoms with E-state index in [1.54, 1.807) is 6.92 Å². The molecule has 1 saturated heterocycles. The number of carboxylic acids is 1. The average Bonchev–Trinajstić information content (AvgIpc) is 2.99. The predicted octanol–water partition coefficient (Wildman–Crippen LogP) is 3.56. The van der Waals surface area contributed by atoms with Crippen LogP contribution >= 0.6 is 0 Å². The van der Waals surface area contributed by atoms with Crippen molar-refractivity contribution >= 4 is 11.9 Å². The molecule has 0 unspecified atom stereocenters. The molecule has 4 saturated carbocycles. The molecule has 6 rings (SSSR count). The number of carbonyl (C=O) groups excluding carboxylic acids is 1. The monoisotopic (exact) mass is 648 g/mol. The maximum absolute atomic E-state index is 14.4. The Morgan fingerprint density at radius 3 is 2.20 bits per heavy atom. The standard InChI is InChI=1S/C36H56O10/c1-31(2)13-15-36(30(44)46-28-27(41)26(40)25(39)21(18-37)45-28)16-14-33(4)19(20(36)17-31)7-8-22-32(3)11-10-24(38)35(6,29(42)43)23(32)9-12-34(22,33)5/h7,20-28,37-41H,8-18H2,1-6H3,(H,42,43)/t20-,21-,22+,23+,24-,25-,26+,27-,28+,32+,33+,34+,35+,36-/m0/s1. The fraction of sp³-hybridized carbons (Fsp3) is 0.889. The first kappa shape index (κ1) is 34.3. The summed E-state index contributed by atoms with van der Waals surface area (Å²) in [5.41, 5.74) is -1.39. The van der Waals surface area contributed by atoms with Crippen LogP contribution < -0.4 is 0 Å². The number of carboxylic acid groups (broad SMARTS) is 1. The van der Waals surface area contributed by atoms with E-state index < -0.39 is 66.2 Å². The van der Waals surface area contributed by atoms with E-state index in [2.05, 4.69) is 40.7 Å². The third-order valence-corrected chi connectivity index (χ3v) is 15.2. The molecule has 0 bridgehead atoms. The number of ether oxygens (including phenoxy) is 2. The maximum atomic E-state index is 14.4. The fourth-order valence-corrected chi connectivity index (χ4v) is 12.0. The largest absolute Gasteiger partial charge is 0.481 e. The number of aliphatic hydroxyl groups excluding tert-OH is 5. The summed E-state index contributed by atoms with van der Waals surface area (Å²) in [6.07, 6.45) is 1.20. The summed E-state index contributed by atoms with van der Waals surface area (Å²) in [6, 6.07) is 0. The van der Waals surface area contributed by atoms with E-state index in [1.807, 2.05) is 0 Å². The molecule has 1 heterocycles. The number of allylic oxidation sites excluding steroid dienone is 2. The minimum atomic E-state index is -1.65. The molecule has 0 aromatic heterocycles. The van der Waals surface area contributed by atoms with Gasteiger partial charge in [-0.2, -0.15) is 0 Å². The van der Waals surface area contributed by atoms with Crippen molar-refractivity contribution in [2.24, 2.45) is 50.2 Å². The zero-order valence-corrected chi connectivity index (χ0v) is 28.4. The van der Waals surface area contributed by atoms with Gasteiger partial charge < -0.3 is 40.1 Å². The van der Waals surface area contributed by atoms with Crippen molar-refractivity contribution < 1.29 is 49.7 Å². The van der Waals surface area contributed by atoms with Crippen LogP contribution in [0.25, 0.3) is 0 Å². The van der Waals surface area contributed by atoms with Gasteiger partial charge in [0.05, 0.1) is 23.5 Å². The molecule has 0 aromatic carbocycles. The lowest BCUT2D eigenvalue weighted by Crippen LogP contribution is -2.66. The number of hydrogen-bond acceptors (Lipinski definition) is 9. The van der Waals surface area contributed by atoms with Gasteiger partial charge in [0.25, 0.3) is 0 Å². The van der Waals surface area contributed by atoms with Crippen molar-refractivity contribution in [2.75, 3.05) is 6.61 Å². The lowest BCUT2D eigenvalue weighted by Gasteiger charge is -2.71. The van der Waals surface area contributed by atoms with Crippen LogP contribution in [-0.2, 0) is 19.1 Å². The van der Waals surface area contributed by atoms with Gasteiger partial charge in [-0.1, -0.05) is 46.3 Å². The van der Waals surface area contributed by atoms with Crippen LogP contribution in [0, 0.1) is 50.2 Å². The molecule has 10 nitrogen and oxygen atoms in total. The second kappa shape index (κ2) is 11.0.